The van der Waals surface area contributed by atoms with Crippen LogP contribution in [0.1, 0.15) is 5.56 Å². The van der Waals surface area contributed by atoms with Crippen LogP contribution in [0.25, 0.3) is 0 Å². The van der Waals surface area contributed by atoms with Gasteiger partial charge in [0.05, 0.1) is 37.7 Å². The summed E-state index contributed by atoms with van der Waals surface area (Å²) in [4.78, 5) is 55.7. The van der Waals surface area contributed by atoms with Gasteiger partial charge in [0.1, 0.15) is 11.9 Å². The van der Waals surface area contributed by atoms with Crippen molar-refractivity contribution in [1.82, 2.24) is 5.32 Å². The fourth-order valence-corrected chi connectivity index (χ4v) is 5.53. The average Bonchev–Trinajstić information content (AvgIpc) is 3.29. The molecule has 212 valence electrons. The lowest BCUT2D eigenvalue weighted by Gasteiger charge is -2.29. The molecule has 6 N–H and O–H groups in total. The highest BCUT2D eigenvalue weighted by molar-refractivity contribution is 7.62. The van der Waals surface area contributed by atoms with Crippen molar-refractivity contribution in [2.45, 2.75) is 17.6 Å². The van der Waals surface area contributed by atoms with Crippen LogP contribution in [0.2, 0.25) is 0 Å². The maximum Gasteiger partial charge on any atom is 0.414 e. The number of hydrogen-bond acceptors (Lipinski definition) is 9. The van der Waals surface area contributed by atoms with E-state index in [4.69, 9.17) is 9.47 Å². The number of anilines is 3. The Hall–Kier alpha value is -2.83. The molecule has 3 atom stereocenters. The van der Waals surface area contributed by atoms with Crippen LogP contribution >= 0.6 is 16.4 Å². The Morgan fingerprint density at radius 2 is 1.87 bits per heavy atom. The van der Waals surface area contributed by atoms with Crippen molar-refractivity contribution in [2.24, 2.45) is 0 Å². The van der Waals surface area contributed by atoms with E-state index < -0.39 is 52.0 Å². The van der Waals surface area contributed by atoms with E-state index in [9.17, 15) is 38.3 Å². The molecular weight excluding hydrogens is 557 g/mol. The van der Waals surface area contributed by atoms with E-state index in [1.54, 1.807) is 12.1 Å². The number of carbonyl (C=O) groups excluding carboxylic acids is 2. The van der Waals surface area contributed by atoms with Gasteiger partial charge in [0, 0.05) is 25.2 Å². The number of aliphatic hydroxyl groups is 1. The van der Waals surface area contributed by atoms with Crippen LogP contribution in [0, 0.1) is 5.82 Å². The molecule has 2 heterocycles. The Balaban J connectivity index is 1.27. The van der Waals surface area contributed by atoms with Crippen LogP contribution in [0.15, 0.2) is 42.5 Å². The topological polar surface area (TPSA) is 181 Å². The first-order chi connectivity index (χ1) is 18.6. The number of amides is 3. The summed E-state index contributed by atoms with van der Waals surface area (Å²) in [5, 5.41) is 12.7. The molecule has 0 aliphatic carbocycles. The summed E-state index contributed by atoms with van der Waals surface area (Å²) in [7, 11) is -6.73. The maximum atomic E-state index is 14.8. The number of cyclic esters (lactones) is 1. The Kier molecular flexibility index (Phi) is 9.39. The van der Waals surface area contributed by atoms with Crippen LogP contribution in [-0.2, 0) is 20.5 Å². The van der Waals surface area contributed by atoms with Crippen molar-refractivity contribution in [3.05, 3.63) is 53.8 Å². The molecule has 2 aromatic carbocycles. The minimum Gasteiger partial charge on any atom is -0.442 e. The molecule has 0 radical (unpaired) electrons. The Morgan fingerprint density at radius 1 is 1.18 bits per heavy atom. The smallest absolute Gasteiger partial charge is 0.414 e. The molecule has 2 aromatic rings. The molecule has 2 fully saturated rings. The van der Waals surface area contributed by atoms with Crippen molar-refractivity contribution in [3.63, 3.8) is 0 Å². The van der Waals surface area contributed by atoms with Gasteiger partial charge in [0.2, 0.25) is 21.5 Å². The molecule has 0 aromatic heterocycles. The van der Waals surface area contributed by atoms with Crippen LogP contribution in [-0.4, -0.2) is 82.5 Å². The van der Waals surface area contributed by atoms with Crippen molar-refractivity contribution in [3.8, 4) is 0 Å². The van der Waals surface area contributed by atoms with E-state index in [1.807, 2.05) is 4.90 Å². The first kappa shape index (κ1) is 29.2. The molecule has 2 aliphatic heterocycles. The number of urea groups is 1. The lowest BCUT2D eigenvalue weighted by Crippen LogP contribution is -2.37. The zero-order valence-corrected chi connectivity index (χ0v) is 22.5. The first-order valence-corrected chi connectivity index (χ1v) is 14.5. The second kappa shape index (κ2) is 12.6. The molecule has 0 saturated carbocycles. The number of benzene rings is 2. The van der Waals surface area contributed by atoms with E-state index in [-0.39, 0.29) is 13.1 Å². The van der Waals surface area contributed by atoms with Crippen molar-refractivity contribution in [2.75, 3.05) is 54.5 Å². The highest BCUT2D eigenvalue weighted by Crippen LogP contribution is 2.55. The van der Waals surface area contributed by atoms with E-state index >= 15 is 0 Å². The largest absolute Gasteiger partial charge is 0.442 e. The molecule has 2 aliphatic rings. The van der Waals surface area contributed by atoms with Gasteiger partial charge in [-0.05, 0) is 35.9 Å². The number of carbonyl (C=O) groups is 2. The van der Waals surface area contributed by atoms with Crippen molar-refractivity contribution in [1.29, 1.82) is 0 Å². The fourth-order valence-electron chi connectivity index (χ4n) is 4.17. The number of ether oxygens (including phenoxy) is 2. The number of nitrogens with zero attached hydrogens (tertiary/aromatic N) is 2. The predicted molar refractivity (Wildman–Crippen MR) is 142 cm³/mol. The molecule has 3 amide bonds. The van der Waals surface area contributed by atoms with Crippen molar-refractivity contribution < 1.29 is 47.8 Å². The third-order valence-electron chi connectivity index (χ3n) is 6.29. The summed E-state index contributed by atoms with van der Waals surface area (Å²) in [6.45, 7) is 2.29. The summed E-state index contributed by atoms with van der Waals surface area (Å²) in [5.74, 6) is -0.460. The summed E-state index contributed by atoms with van der Waals surface area (Å²) in [6.07, 6.45) is -1.79. The lowest BCUT2D eigenvalue weighted by molar-refractivity contribution is 0.122. The highest BCUT2D eigenvalue weighted by atomic mass is 31.2. The molecule has 2 saturated heterocycles. The molecule has 2 unspecified atom stereocenters. The highest BCUT2D eigenvalue weighted by Gasteiger charge is 2.42. The van der Waals surface area contributed by atoms with Gasteiger partial charge >= 0.3 is 12.1 Å². The summed E-state index contributed by atoms with van der Waals surface area (Å²) in [5.41, 5.74) is 1.48. The SMILES string of the molecule is O=C(NC[C@H]1CN(c2ccc(N3CCOCC3)c(F)c2)C(=O)O1)Nc1ccc(CC(O)(P(O)O)[PH](=O)O)cc1. The molecule has 39 heavy (non-hydrogen) atoms. The number of halogens is 1. The van der Waals surface area contributed by atoms with E-state index in [2.05, 4.69) is 10.6 Å². The fraction of sp³-hybridized carbons (Fsp3) is 0.391. The third kappa shape index (κ3) is 7.03. The second-order valence-electron chi connectivity index (χ2n) is 8.97. The van der Waals surface area contributed by atoms with Gasteiger partial charge in [-0.15, -0.1) is 0 Å². The number of hydrogen-bond donors (Lipinski definition) is 6. The Morgan fingerprint density at radius 3 is 2.49 bits per heavy atom. The Labute approximate surface area is 224 Å². The van der Waals surface area contributed by atoms with Gasteiger partial charge in [-0.1, -0.05) is 12.1 Å². The van der Waals surface area contributed by atoms with Gasteiger partial charge in [0.25, 0.3) is 0 Å². The predicted octanol–water partition coefficient (Wildman–Crippen LogP) is 1.76. The van der Waals surface area contributed by atoms with Crippen LogP contribution in [0.5, 0.6) is 0 Å². The molecule has 0 bridgehead atoms. The summed E-state index contributed by atoms with van der Waals surface area (Å²) < 4.78 is 36.7. The van der Waals surface area contributed by atoms with Gasteiger partial charge in [-0.25, -0.2) is 14.0 Å². The van der Waals surface area contributed by atoms with Gasteiger partial charge < -0.3 is 44.8 Å². The van der Waals surface area contributed by atoms with Crippen LogP contribution in [0.4, 0.5) is 31.0 Å². The summed E-state index contributed by atoms with van der Waals surface area (Å²) in [6, 6.07) is 9.77. The number of rotatable bonds is 9. The van der Waals surface area contributed by atoms with Gasteiger partial charge in [0.15, 0.2) is 0 Å². The Bertz CT molecular complexity index is 1220. The first-order valence-electron chi connectivity index (χ1n) is 11.9. The summed E-state index contributed by atoms with van der Waals surface area (Å²) >= 11 is 0. The number of nitrogens with one attached hydrogen (secondary N) is 2. The second-order valence-corrected chi connectivity index (χ2v) is 12.1. The lowest BCUT2D eigenvalue weighted by atomic mass is 10.1. The molecular formula is C23H29FN4O9P2. The quantitative estimate of drug-likeness (QED) is 0.237. The molecule has 4 rings (SSSR count). The minimum absolute atomic E-state index is 0.00510. The molecule has 13 nitrogen and oxygen atoms in total. The zero-order valence-electron chi connectivity index (χ0n) is 20.6. The normalized spacial score (nSPS) is 19.9. The molecule has 0 spiro atoms. The standard InChI is InChI=1S/C23H29FN4O9P2/c24-19-11-17(5-6-20(19)27-7-9-36-10-8-27)28-14-18(37-22(28)30)13-25-21(29)26-16-3-1-15(2-4-16)12-23(31,38(32)33)39(34)35/h1-6,11,18,31-33,39H,7-10,12-14H2,(H,34,35)(H2,25,26,29)/t18-,23?/m0/s1. The monoisotopic (exact) mass is 586 g/mol. The van der Waals surface area contributed by atoms with Gasteiger partial charge in [-0.3, -0.25) is 9.46 Å². The van der Waals surface area contributed by atoms with E-state index in [0.29, 0.717) is 48.9 Å². The van der Waals surface area contributed by atoms with E-state index in [0.717, 1.165) is 0 Å². The van der Waals surface area contributed by atoms with E-state index in [1.165, 1.54) is 35.2 Å². The zero-order chi connectivity index (χ0) is 28.2. The van der Waals surface area contributed by atoms with Crippen molar-refractivity contribution >= 4 is 45.6 Å². The van der Waals surface area contributed by atoms with Gasteiger partial charge in [-0.2, -0.15) is 0 Å². The average molecular weight is 586 g/mol. The minimum atomic E-state index is -3.66. The third-order valence-corrected chi connectivity index (χ3v) is 9.15. The molecule has 16 heteroatoms. The van der Waals surface area contributed by atoms with Crippen LogP contribution < -0.4 is 20.4 Å². The number of morpholine rings is 1. The van der Waals surface area contributed by atoms with Crippen LogP contribution in [0.3, 0.4) is 0 Å². The maximum absolute atomic E-state index is 14.8.